The third-order valence-corrected chi connectivity index (χ3v) is 15.7. The second-order valence-corrected chi connectivity index (χ2v) is 17.5. The zero-order valence-electron chi connectivity index (χ0n) is 29.7. The van der Waals surface area contributed by atoms with E-state index in [-0.39, 0.29) is 0 Å². The second-order valence-electron chi connectivity index (χ2n) is 17.5. The van der Waals surface area contributed by atoms with Crippen LogP contribution in [0.25, 0.3) is 56.4 Å². The van der Waals surface area contributed by atoms with E-state index in [0.29, 0.717) is 22.9 Å². The number of nitrogens with zero attached hydrogens (tertiary/aromatic N) is 3. The van der Waals surface area contributed by atoms with Gasteiger partial charge in [0, 0.05) is 16.7 Å². The molecule has 6 fully saturated rings. The summed E-state index contributed by atoms with van der Waals surface area (Å²) >= 11 is 0. The lowest BCUT2D eigenvalue weighted by Gasteiger charge is -2.59. The molecule has 6 aliphatic carbocycles. The summed E-state index contributed by atoms with van der Waals surface area (Å²) in [6.45, 7) is 2.70. The van der Waals surface area contributed by atoms with Crippen molar-refractivity contribution in [3.05, 3.63) is 139 Å². The summed E-state index contributed by atoms with van der Waals surface area (Å²) in [6, 6.07) is 47.9. The van der Waals surface area contributed by atoms with E-state index in [1.54, 1.807) is 24.8 Å². The molecule has 1 spiro atoms. The first kappa shape index (κ1) is 29.7. The fourth-order valence-corrected chi connectivity index (χ4v) is 14.0. The van der Waals surface area contributed by atoms with Crippen LogP contribution in [0.15, 0.2) is 133 Å². The van der Waals surface area contributed by atoms with Crippen molar-refractivity contribution in [1.29, 1.82) is 0 Å². The van der Waals surface area contributed by atoms with Gasteiger partial charge in [-0.3, -0.25) is 0 Å². The maximum atomic E-state index is 5.03. The average Bonchev–Trinajstić information content (AvgIpc) is 3.46. The molecule has 10 atom stereocenters. The molecule has 1 aromatic heterocycles. The minimum Gasteiger partial charge on any atom is -0.208 e. The van der Waals surface area contributed by atoms with E-state index in [0.717, 1.165) is 69.4 Å². The van der Waals surface area contributed by atoms with E-state index in [9.17, 15) is 0 Å². The van der Waals surface area contributed by atoms with Crippen LogP contribution in [0.2, 0.25) is 0 Å². The Morgan fingerprint density at radius 1 is 0.442 bits per heavy atom. The summed E-state index contributed by atoms with van der Waals surface area (Å²) in [6.07, 6.45) is 7.72. The van der Waals surface area contributed by atoms with Crippen LogP contribution in [0.1, 0.15) is 44.6 Å². The van der Waals surface area contributed by atoms with Gasteiger partial charge in [0.15, 0.2) is 17.5 Å². The van der Waals surface area contributed by atoms with E-state index in [2.05, 4.69) is 116 Å². The summed E-state index contributed by atoms with van der Waals surface area (Å²) in [7, 11) is 0. The standard InChI is InChI=1S/C49H43N3/c1-48(38-27-41-39-24-29-25-40-43(39)49(41,28-38)42(26-29)44(40)48)37-22-20-33(21-23-37)32-14-18-36(19-15-32)47-51-45(34-10-6-3-7-11-34)50-46(52-47)35-16-12-31(13-17-35)30-8-4-2-5-9-30/h2-23,29,38-44H,24-28H2,1H3. The van der Waals surface area contributed by atoms with Gasteiger partial charge >= 0.3 is 0 Å². The molecule has 0 aliphatic heterocycles. The SMILES string of the molecule is CC1(c2ccc(-c3ccc(-c4nc(-c5ccccc5)nc(-c5ccc(-c6ccccc6)cc5)n4)cc3)cc2)C2CC3C4CC5CC6C1C(C5)C3(C2)C64. The van der Waals surface area contributed by atoms with E-state index in [1.807, 2.05) is 24.3 Å². The van der Waals surface area contributed by atoms with E-state index in [1.165, 1.54) is 35.1 Å². The number of rotatable bonds is 6. The zero-order chi connectivity index (χ0) is 34.2. The lowest BCUT2D eigenvalue weighted by molar-refractivity contribution is -0.120. The van der Waals surface area contributed by atoms with Gasteiger partial charge in [-0.1, -0.05) is 140 Å². The van der Waals surface area contributed by atoms with Crippen molar-refractivity contribution < 1.29 is 0 Å². The molecule has 0 saturated heterocycles. The van der Waals surface area contributed by atoms with Gasteiger partial charge in [-0.15, -0.1) is 0 Å². The Bertz CT molecular complexity index is 2330. The molecule has 6 aliphatic rings. The largest absolute Gasteiger partial charge is 0.208 e. The smallest absolute Gasteiger partial charge is 0.164 e. The number of aromatic nitrogens is 3. The predicted molar refractivity (Wildman–Crippen MR) is 208 cm³/mol. The Labute approximate surface area is 306 Å². The van der Waals surface area contributed by atoms with E-state index >= 15 is 0 Å². The summed E-state index contributed by atoms with van der Waals surface area (Å²) < 4.78 is 0. The van der Waals surface area contributed by atoms with Crippen LogP contribution in [0.5, 0.6) is 0 Å². The van der Waals surface area contributed by atoms with Crippen LogP contribution >= 0.6 is 0 Å². The first-order valence-electron chi connectivity index (χ1n) is 19.8. The highest BCUT2D eigenvalue weighted by molar-refractivity contribution is 5.72. The van der Waals surface area contributed by atoms with Crippen molar-refractivity contribution in [1.82, 2.24) is 15.0 Å². The van der Waals surface area contributed by atoms with Crippen LogP contribution in [-0.4, -0.2) is 15.0 Å². The molecule has 6 aromatic rings. The molecule has 6 bridgehead atoms. The lowest BCUT2D eigenvalue weighted by atomic mass is 9.45. The van der Waals surface area contributed by atoms with Gasteiger partial charge in [0.2, 0.25) is 0 Å². The number of benzene rings is 5. The maximum Gasteiger partial charge on any atom is 0.164 e. The van der Waals surface area contributed by atoms with Crippen LogP contribution in [0, 0.1) is 52.8 Å². The number of hydrogen-bond acceptors (Lipinski definition) is 3. The molecule has 0 N–H and O–H groups in total. The average molecular weight is 674 g/mol. The van der Waals surface area contributed by atoms with Crippen molar-refractivity contribution in [3.8, 4) is 56.4 Å². The Balaban J connectivity index is 0.854. The summed E-state index contributed by atoms with van der Waals surface area (Å²) in [5, 5.41) is 0. The molecule has 3 heteroatoms. The molecule has 0 radical (unpaired) electrons. The van der Waals surface area contributed by atoms with Gasteiger partial charge in [0.25, 0.3) is 0 Å². The first-order valence-corrected chi connectivity index (χ1v) is 19.8. The summed E-state index contributed by atoms with van der Waals surface area (Å²) in [5.74, 6) is 10.2. The Morgan fingerprint density at radius 2 is 0.904 bits per heavy atom. The normalized spacial score (nSPS) is 34.0. The molecule has 3 nitrogen and oxygen atoms in total. The molecule has 6 saturated carbocycles. The first-order chi connectivity index (χ1) is 25.6. The Kier molecular flexibility index (Phi) is 6.04. The molecule has 1 heterocycles. The highest BCUT2D eigenvalue weighted by atomic mass is 15.0. The molecule has 0 amide bonds. The van der Waals surface area contributed by atoms with Gasteiger partial charge in [-0.2, -0.15) is 0 Å². The minimum atomic E-state index is 0.340. The predicted octanol–water partition coefficient (Wildman–Crippen LogP) is 11.4. The van der Waals surface area contributed by atoms with Gasteiger partial charge in [-0.25, -0.2) is 15.0 Å². The summed E-state index contributed by atoms with van der Waals surface area (Å²) in [4.78, 5) is 15.0. The van der Waals surface area contributed by atoms with Crippen LogP contribution in [0.3, 0.4) is 0 Å². The van der Waals surface area contributed by atoms with Gasteiger partial charge in [-0.05, 0) is 118 Å². The molecule has 254 valence electrons. The van der Waals surface area contributed by atoms with Crippen LogP contribution < -0.4 is 0 Å². The van der Waals surface area contributed by atoms with Crippen molar-refractivity contribution in [2.24, 2.45) is 52.8 Å². The molecule has 52 heavy (non-hydrogen) atoms. The van der Waals surface area contributed by atoms with Crippen molar-refractivity contribution in [3.63, 3.8) is 0 Å². The highest BCUT2D eigenvalue weighted by Crippen LogP contribution is 2.89. The van der Waals surface area contributed by atoms with E-state index < -0.39 is 0 Å². The fourth-order valence-electron chi connectivity index (χ4n) is 14.0. The Hall–Kier alpha value is -4.89. The Morgan fingerprint density at radius 3 is 1.48 bits per heavy atom. The van der Waals surface area contributed by atoms with Crippen LogP contribution in [-0.2, 0) is 5.41 Å². The van der Waals surface area contributed by atoms with Gasteiger partial charge in [0.05, 0.1) is 0 Å². The van der Waals surface area contributed by atoms with E-state index in [4.69, 9.17) is 15.0 Å². The highest BCUT2D eigenvalue weighted by Gasteiger charge is 2.84. The molecule has 12 rings (SSSR count). The van der Waals surface area contributed by atoms with Crippen molar-refractivity contribution >= 4 is 0 Å². The molecular formula is C49H43N3. The lowest BCUT2D eigenvalue weighted by Crippen LogP contribution is -2.54. The number of hydrogen-bond donors (Lipinski definition) is 0. The minimum absolute atomic E-state index is 0.340. The molecule has 10 unspecified atom stereocenters. The quantitative estimate of drug-likeness (QED) is 0.177. The van der Waals surface area contributed by atoms with Crippen LogP contribution in [0.4, 0.5) is 0 Å². The maximum absolute atomic E-state index is 5.03. The molecule has 5 aromatic carbocycles. The third-order valence-electron chi connectivity index (χ3n) is 15.7. The third kappa shape index (κ3) is 3.90. The van der Waals surface area contributed by atoms with Gasteiger partial charge < -0.3 is 0 Å². The summed E-state index contributed by atoms with van der Waals surface area (Å²) in [5.41, 5.74) is 10.6. The van der Waals surface area contributed by atoms with Crippen molar-refractivity contribution in [2.75, 3.05) is 0 Å². The fraction of sp³-hybridized carbons (Fsp3) is 0.327. The zero-order valence-corrected chi connectivity index (χ0v) is 29.7. The van der Waals surface area contributed by atoms with Gasteiger partial charge in [0.1, 0.15) is 0 Å². The topological polar surface area (TPSA) is 38.7 Å². The monoisotopic (exact) mass is 673 g/mol. The number of fused-ring (bicyclic) bond motifs is 3. The van der Waals surface area contributed by atoms with Crippen molar-refractivity contribution in [2.45, 2.75) is 44.4 Å². The molecular weight excluding hydrogens is 631 g/mol. The second kappa shape index (κ2) is 10.6.